The molecule has 0 saturated heterocycles. The molecule has 0 aliphatic carbocycles. The number of hydrogen-bond acceptors (Lipinski definition) is 4. The van der Waals surface area contributed by atoms with Gasteiger partial charge in [-0.25, -0.2) is 9.97 Å². The maximum absolute atomic E-state index is 5.73. The fraction of sp³-hybridized carbons (Fsp3) is 0.154. The fourth-order valence-corrected chi connectivity index (χ4v) is 2.12. The summed E-state index contributed by atoms with van der Waals surface area (Å²) < 4.78 is 0. The summed E-state index contributed by atoms with van der Waals surface area (Å²) in [6.07, 6.45) is 1.60. The van der Waals surface area contributed by atoms with E-state index in [0.29, 0.717) is 5.65 Å². The van der Waals surface area contributed by atoms with E-state index in [1.165, 1.54) is 5.56 Å². The van der Waals surface area contributed by atoms with E-state index in [1.54, 1.807) is 6.33 Å². The van der Waals surface area contributed by atoms with E-state index < -0.39 is 0 Å². The van der Waals surface area contributed by atoms with Crippen molar-refractivity contribution >= 4 is 17.1 Å². The number of nitrogens with zero attached hydrogens (tertiary/aromatic N) is 3. The minimum Gasteiger partial charge on any atom is -0.368 e. The lowest BCUT2D eigenvalue weighted by Crippen LogP contribution is -1.98. The molecule has 18 heavy (non-hydrogen) atoms. The van der Waals surface area contributed by atoms with E-state index in [4.69, 9.17) is 5.73 Å². The lowest BCUT2D eigenvalue weighted by molar-refractivity contribution is 1.21. The van der Waals surface area contributed by atoms with Crippen molar-refractivity contribution in [1.82, 2.24) is 19.9 Å². The molecule has 3 aromatic rings. The summed E-state index contributed by atoms with van der Waals surface area (Å²) in [5.41, 5.74) is 11.4. The van der Waals surface area contributed by atoms with Crippen LogP contribution in [-0.4, -0.2) is 19.9 Å². The second-order valence-electron chi connectivity index (χ2n) is 4.35. The van der Waals surface area contributed by atoms with Gasteiger partial charge >= 0.3 is 0 Å². The first-order chi connectivity index (χ1) is 8.65. The first kappa shape index (κ1) is 10.7. The molecule has 0 spiro atoms. The van der Waals surface area contributed by atoms with Crippen molar-refractivity contribution in [3.8, 4) is 11.3 Å². The van der Waals surface area contributed by atoms with Gasteiger partial charge in [0.15, 0.2) is 5.65 Å². The van der Waals surface area contributed by atoms with Gasteiger partial charge in [-0.15, -0.1) is 0 Å². The summed E-state index contributed by atoms with van der Waals surface area (Å²) in [5, 5.41) is 0. The molecule has 0 atom stereocenters. The van der Waals surface area contributed by atoms with Gasteiger partial charge < -0.3 is 10.7 Å². The number of fused-ring (bicyclic) bond motifs is 1. The zero-order valence-electron chi connectivity index (χ0n) is 10.2. The van der Waals surface area contributed by atoms with Crippen LogP contribution in [0.4, 0.5) is 5.95 Å². The smallest absolute Gasteiger partial charge is 0.222 e. The predicted octanol–water partition coefficient (Wildman–Crippen LogP) is 2.22. The molecule has 0 amide bonds. The van der Waals surface area contributed by atoms with E-state index in [1.807, 2.05) is 6.07 Å². The Morgan fingerprint density at radius 1 is 1.17 bits per heavy atom. The molecule has 5 heteroatoms. The van der Waals surface area contributed by atoms with E-state index in [2.05, 4.69) is 45.9 Å². The number of benzene rings is 1. The van der Waals surface area contributed by atoms with Gasteiger partial charge in [0.1, 0.15) is 11.2 Å². The van der Waals surface area contributed by atoms with Crippen LogP contribution in [-0.2, 0) is 0 Å². The van der Waals surface area contributed by atoms with Gasteiger partial charge in [0.05, 0.1) is 6.33 Å². The van der Waals surface area contributed by atoms with E-state index >= 15 is 0 Å². The Bertz CT molecular complexity index is 729. The summed E-state index contributed by atoms with van der Waals surface area (Å²) in [4.78, 5) is 15.6. The zero-order valence-corrected chi connectivity index (χ0v) is 10.2. The lowest BCUT2D eigenvalue weighted by atomic mass is 10.0. The number of nitrogens with one attached hydrogen (secondary N) is 1. The van der Waals surface area contributed by atoms with Crippen molar-refractivity contribution in [2.24, 2.45) is 0 Å². The summed E-state index contributed by atoms with van der Waals surface area (Å²) >= 11 is 0. The van der Waals surface area contributed by atoms with Crippen LogP contribution in [0.5, 0.6) is 0 Å². The number of aromatic nitrogens is 4. The van der Waals surface area contributed by atoms with Gasteiger partial charge in [-0.05, 0) is 19.4 Å². The number of nitrogens with two attached hydrogens (primary N) is 1. The molecule has 0 aliphatic rings. The molecule has 0 radical (unpaired) electrons. The van der Waals surface area contributed by atoms with Crippen LogP contribution in [0.3, 0.4) is 0 Å². The third-order valence-corrected chi connectivity index (χ3v) is 2.94. The summed E-state index contributed by atoms with van der Waals surface area (Å²) in [6, 6.07) is 6.23. The molecular weight excluding hydrogens is 226 g/mol. The third-order valence-electron chi connectivity index (χ3n) is 2.94. The van der Waals surface area contributed by atoms with Crippen molar-refractivity contribution in [3.05, 3.63) is 35.7 Å². The van der Waals surface area contributed by atoms with Crippen molar-refractivity contribution in [2.75, 3.05) is 5.73 Å². The van der Waals surface area contributed by atoms with Gasteiger partial charge in [-0.2, -0.15) is 4.98 Å². The number of aryl methyl sites for hydroxylation is 2. The van der Waals surface area contributed by atoms with Crippen LogP contribution in [0, 0.1) is 13.8 Å². The minimum absolute atomic E-state index is 0.240. The lowest BCUT2D eigenvalue weighted by Gasteiger charge is -2.07. The molecule has 0 saturated carbocycles. The van der Waals surface area contributed by atoms with Crippen LogP contribution in [0.25, 0.3) is 22.4 Å². The van der Waals surface area contributed by atoms with Crippen LogP contribution < -0.4 is 5.73 Å². The fourth-order valence-electron chi connectivity index (χ4n) is 2.12. The highest BCUT2D eigenvalue weighted by molar-refractivity contribution is 5.88. The number of imidazole rings is 1. The molecule has 5 nitrogen and oxygen atoms in total. The second-order valence-corrected chi connectivity index (χ2v) is 4.35. The maximum Gasteiger partial charge on any atom is 0.222 e. The van der Waals surface area contributed by atoms with Crippen molar-refractivity contribution in [3.63, 3.8) is 0 Å². The van der Waals surface area contributed by atoms with Crippen LogP contribution in [0.15, 0.2) is 24.5 Å². The largest absolute Gasteiger partial charge is 0.368 e. The summed E-state index contributed by atoms with van der Waals surface area (Å²) in [7, 11) is 0. The average Bonchev–Trinajstić information content (AvgIpc) is 2.76. The number of hydrogen-bond donors (Lipinski definition) is 2. The molecule has 2 aromatic heterocycles. The number of aromatic amines is 1. The minimum atomic E-state index is 0.240. The number of H-pyrrole nitrogens is 1. The van der Waals surface area contributed by atoms with Gasteiger partial charge in [0.2, 0.25) is 5.95 Å². The highest BCUT2D eigenvalue weighted by Gasteiger charge is 2.12. The molecule has 0 unspecified atom stereocenters. The molecule has 3 N–H and O–H groups in total. The Balaban J connectivity index is 2.33. The topological polar surface area (TPSA) is 80.5 Å². The molecular formula is C13H13N5. The van der Waals surface area contributed by atoms with Crippen molar-refractivity contribution in [2.45, 2.75) is 13.8 Å². The van der Waals surface area contributed by atoms with Crippen molar-refractivity contribution < 1.29 is 0 Å². The highest BCUT2D eigenvalue weighted by Crippen LogP contribution is 2.27. The molecule has 90 valence electrons. The van der Waals surface area contributed by atoms with Gasteiger partial charge in [-0.1, -0.05) is 23.8 Å². The Kier molecular flexibility index (Phi) is 2.26. The summed E-state index contributed by atoms with van der Waals surface area (Å²) in [5.74, 6) is 0.240. The average molecular weight is 239 g/mol. The Hall–Kier alpha value is -2.43. The molecule has 1 aromatic carbocycles. The van der Waals surface area contributed by atoms with Crippen molar-refractivity contribution in [1.29, 1.82) is 0 Å². The Labute approximate surface area is 104 Å². The van der Waals surface area contributed by atoms with Crippen LogP contribution in [0.2, 0.25) is 0 Å². The number of anilines is 1. The molecule has 3 rings (SSSR count). The van der Waals surface area contributed by atoms with Crippen LogP contribution in [0.1, 0.15) is 11.1 Å². The van der Waals surface area contributed by atoms with Gasteiger partial charge in [0, 0.05) is 5.56 Å². The van der Waals surface area contributed by atoms with Gasteiger partial charge in [-0.3, -0.25) is 0 Å². The van der Waals surface area contributed by atoms with E-state index in [9.17, 15) is 0 Å². The highest BCUT2D eigenvalue weighted by atomic mass is 15.1. The normalized spacial score (nSPS) is 11.0. The number of nitrogen functional groups attached to an aromatic ring is 1. The standard InChI is InChI=1S/C13H13N5/c1-7-3-4-9(8(2)5-7)10-11-12(16-6-15-11)18-13(14)17-10/h3-6H,1-2H3,(H3,14,15,16,17,18). The monoisotopic (exact) mass is 239 g/mol. The second kappa shape index (κ2) is 3.80. The molecule has 2 heterocycles. The van der Waals surface area contributed by atoms with E-state index in [0.717, 1.165) is 22.3 Å². The molecule has 0 fully saturated rings. The maximum atomic E-state index is 5.73. The quantitative estimate of drug-likeness (QED) is 0.682. The molecule has 0 aliphatic heterocycles. The van der Waals surface area contributed by atoms with Gasteiger partial charge in [0.25, 0.3) is 0 Å². The SMILES string of the molecule is Cc1ccc(-c2nc(N)nc3nc[nH]c23)c(C)c1. The first-order valence-corrected chi connectivity index (χ1v) is 5.69. The summed E-state index contributed by atoms with van der Waals surface area (Å²) in [6.45, 7) is 4.12. The number of rotatable bonds is 1. The Morgan fingerprint density at radius 3 is 2.78 bits per heavy atom. The van der Waals surface area contributed by atoms with E-state index in [-0.39, 0.29) is 5.95 Å². The first-order valence-electron chi connectivity index (χ1n) is 5.69. The zero-order chi connectivity index (χ0) is 12.7. The molecule has 0 bridgehead atoms. The Morgan fingerprint density at radius 2 is 2.00 bits per heavy atom. The third kappa shape index (κ3) is 1.60. The predicted molar refractivity (Wildman–Crippen MR) is 71.0 cm³/mol. The van der Waals surface area contributed by atoms with Crippen LogP contribution >= 0.6 is 0 Å².